The summed E-state index contributed by atoms with van der Waals surface area (Å²) < 4.78 is 11.1. The van der Waals surface area contributed by atoms with Crippen LogP contribution in [0.4, 0.5) is 0 Å². The predicted molar refractivity (Wildman–Crippen MR) is 84.0 cm³/mol. The summed E-state index contributed by atoms with van der Waals surface area (Å²) >= 11 is 0. The van der Waals surface area contributed by atoms with E-state index in [9.17, 15) is 0 Å². The maximum Gasteiger partial charge on any atom is 0.219 e. The molecule has 20 heavy (non-hydrogen) atoms. The predicted octanol–water partition coefficient (Wildman–Crippen LogP) is 2.82. The lowest BCUT2D eigenvalue weighted by Gasteiger charge is -2.27. The first-order valence-electron chi connectivity index (χ1n) is 7.23. The van der Waals surface area contributed by atoms with Crippen LogP contribution < -0.4 is 10.1 Å². The average molecular weight is 278 g/mol. The molecule has 0 spiro atoms. The first-order chi connectivity index (χ1) is 9.81. The number of aliphatic imine (C=N–C) groups is 1. The van der Waals surface area contributed by atoms with E-state index < -0.39 is 0 Å². The molecule has 0 saturated heterocycles. The van der Waals surface area contributed by atoms with E-state index in [4.69, 9.17) is 9.47 Å². The Morgan fingerprint density at radius 3 is 2.80 bits per heavy atom. The molecule has 4 nitrogen and oxygen atoms in total. The molecule has 0 radical (unpaired) electrons. The molecule has 1 aromatic rings. The third-order valence-corrected chi connectivity index (χ3v) is 3.28. The fraction of sp³-hybridized carbons (Fsp3) is 0.562. The molecular formula is C16H26N2O2. The van der Waals surface area contributed by atoms with Crippen LogP contribution in [0.1, 0.15) is 37.3 Å². The van der Waals surface area contributed by atoms with Crippen molar-refractivity contribution in [1.82, 2.24) is 5.32 Å². The quantitative estimate of drug-likeness (QED) is 0.683. The number of nitrogens with zero attached hydrogens (tertiary/aromatic N) is 1. The van der Waals surface area contributed by atoms with E-state index >= 15 is 0 Å². The molecule has 0 amide bonds. The maximum atomic E-state index is 5.83. The van der Waals surface area contributed by atoms with Gasteiger partial charge in [-0.15, -0.1) is 0 Å². The van der Waals surface area contributed by atoms with E-state index in [1.807, 2.05) is 33.0 Å². The number of nitrogens with one attached hydrogen (secondary N) is 1. The third kappa shape index (κ3) is 3.51. The highest BCUT2D eigenvalue weighted by Gasteiger charge is 2.24. The molecule has 1 atom stereocenters. The number of hydrogen-bond acceptors (Lipinski definition) is 4. The minimum absolute atomic E-state index is 0.494. The van der Waals surface area contributed by atoms with Gasteiger partial charge in [-0.1, -0.05) is 26.0 Å². The number of ether oxygens (including phenoxy) is 2. The number of benzene rings is 1. The Balaban J connectivity index is 0.000000956. The van der Waals surface area contributed by atoms with Gasteiger partial charge in [0.05, 0.1) is 19.3 Å². The van der Waals surface area contributed by atoms with Crippen LogP contribution in [0.15, 0.2) is 23.2 Å². The van der Waals surface area contributed by atoms with Crippen LogP contribution in [0.3, 0.4) is 0 Å². The lowest BCUT2D eigenvalue weighted by molar-refractivity contribution is 0.264. The van der Waals surface area contributed by atoms with Crippen LogP contribution in [0.2, 0.25) is 0 Å². The van der Waals surface area contributed by atoms with Crippen molar-refractivity contribution in [2.45, 2.75) is 26.2 Å². The summed E-state index contributed by atoms with van der Waals surface area (Å²) in [5.41, 5.74) is 2.18. The van der Waals surface area contributed by atoms with Crippen molar-refractivity contribution in [2.24, 2.45) is 4.99 Å². The first kappa shape index (κ1) is 16.5. The number of fused-ring (bicyclic) bond motifs is 1. The largest absolute Gasteiger partial charge is 0.492 e. The molecule has 1 aliphatic heterocycles. The second-order valence-corrected chi connectivity index (χ2v) is 4.35. The monoisotopic (exact) mass is 278 g/mol. The SMILES string of the molecule is CC.CN=C(OC)c1cccc2c1OCCC2CNC. The molecule has 0 aliphatic carbocycles. The van der Waals surface area contributed by atoms with Gasteiger partial charge in [-0.3, -0.25) is 4.99 Å². The van der Waals surface area contributed by atoms with Crippen molar-refractivity contribution in [2.75, 3.05) is 34.4 Å². The Kier molecular flexibility index (Phi) is 7.09. The third-order valence-electron chi connectivity index (χ3n) is 3.28. The van der Waals surface area contributed by atoms with Crippen LogP contribution in [0, 0.1) is 0 Å². The van der Waals surface area contributed by atoms with Gasteiger partial charge >= 0.3 is 0 Å². The Labute approximate surface area is 122 Å². The second kappa shape index (κ2) is 8.59. The van der Waals surface area contributed by atoms with E-state index in [-0.39, 0.29) is 0 Å². The topological polar surface area (TPSA) is 42.9 Å². The lowest BCUT2D eigenvalue weighted by atomic mass is 9.91. The fourth-order valence-corrected chi connectivity index (χ4v) is 2.44. The molecular weight excluding hydrogens is 252 g/mol. The summed E-state index contributed by atoms with van der Waals surface area (Å²) in [7, 11) is 5.34. The molecule has 0 saturated carbocycles. The van der Waals surface area contributed by atoms with Crippen LogP contribution in [0.25, 0.3) is 0 Å². The normalized spacial score (nSPS) is 17.4. The van der Waals surface area contributed by atoms with Crippen molar-refractivity contribution in [3.05, 3.63) is 29.3 Å². The van der Waals surface area contributed by atoms with E-state index in [1.165, 1.54) is 5.56 Å². The maximum absolute atomic E-state index is 5.83. The van der Waals surface area contributed by atoms with Gasteiger partial charge in [-0.05, 0) is 25.1 Å². The molecule has 1 N–H and O–H groups in total. The summed E-state index contributed by atoms with van der Waals surface area (Å²) in [6.45, 7) is 5.71. The summed E-state index contributed by atoms with van der Waals surface area (Å²) in [5, 5.41) is 3.24. The number of rotatable bonds is 3. The summed E-state index contributed by atoms with van der Waals surface area (Å²) in [6, 6.07) is 6.16. The van der Waals surface area contributed by atoms with Crippen LogP contribution in [0.5, 0.6) is 5.75 Å². The molecule has 0 bridgehead atoms. The molecule has 1 aromatic carbocycles. The van der Waals surface area contributed by atoms with Gasteiger partial charge in [0, 0.05) is 19.5 Å². The molecule has 4 heteroatoms. The molecule has 112 valence electrons. The Hall–Kier alpha value is -1.55. The van der Waals surface area contributed by atoms with E-state index in [1.54, 1.807) is 14.2 Å². The fourth-order valence-electron chi connectivity index (χ4n) is 2.44. The van der Waals surface area contributed by atoms with Crippen LogP contribution >= 0.6 is 0 Å². The molecule has 1 heterocycles. The summed E-state index contributed by atoms with van der Waals surface area (Å²) in [4.78, 5) is 4.15. The minimum atomic E-state index is 0.494. The molecule has 1 unspecified atom stereocenters. The number of likely N-dealkylation sites (N-methyl/N-ethyl adjacent to an activating group) is 1. The van der Waals surface area contributed by atoms with Crippen molar-refractivity contribution >= 4 is 5.90 Å². The van der Waals surface area contributed by atoms with Crippen LogP contribution in [-0.2, 0) is 4.74 Å². The number of hydrogen-bond donors (Lipinski definition) is 1. The number of para-hydroxylation sites is 1. The van der Waals surface area contributed by atoms with Crippen molar-refractivity contribution < 1.29 is 9.47 Å². The second-order valence-electron chi connectivity index (χ2n) is 4.35. The van der Waals surface area contributed by atoms with Crippen molar-refractivity contribution in [1.29, 1.82) is 0 Å². The van der Waals surface area contributed by atoms with Gasteiger partial charge in [0.1, 0.15) is 5.75 Å². The lowest BCUT2D eigenvalue weighted by Crippen LogP contribution is -2.24. The van der Waals surface area contributed by atoms with Crippen molar-refractivity contribution in [3.8, 4) is 5.75 Å². The molecule has 0 fully saturated rings. The van der Waals surface area contributed by atoms with Gasteiger partial charge in [-0.25, -0.2) is 0 Å². The average Bonchev–Trinajstić information content (AvgIpc) is 2.51. The Morgan fingerprint density at radius 2 is 2.20 bits per heavy atom. The van der Waals surface area contributed by atoms with E-state index in [0.29, 0.717) is 11.8 Å². The summed E-state index contributed by atoms with van der Waals surface area (Å²) in [5.74, 6) is 2.04. The van der Waals surface area contributed by atoms with E-state index in [2.05, 4.69) is 16.4 Å². The zero-order chi connectivity index (χ0) is 15.0. The standard InChI is InChI=1S/C14H20N2O2.C2H6/c1-15-9-10-7-8-18-13-11(10)5-4-6-12(13)14(16-2)17-3;1-2/h4-6,10,15H,7-9H2,1-3H3;1-2H3. The Morgan fingerprint density at radius 1 is 1.45 bits per heavy atom. The van der Waals surface area contributed by atoms with Gasteiger partial charge < -0.3 is 14.8 Å². The van der Waals surface area contributed by atoms with E-state index in [0.717, 1.165) is 30.9 Å². The Bertz CT molecular complexity index is 444. The molecule has 0 aromatic heterocycles. The first-order valence-corrected chi connectivity index (χ1v) is 7.23. The number of methoxy groups -OCH3 is 1. The zero-order valence-corrected chi connectivity index (χ0v) is 13.2. The zero-order valence-electron chi connectivity index (χ0n) is 13.2. The van der Waals surface area contributed by atoms with Crippen LogP contribution in [-0.4, -0.2) is 40.3 Å². The van der Waals surface area contributed by atoms with Gasteiger partial charge in [0.15, 0.2) is 0 Å². The highest BCUT2D eigenvalue weighted by molar-refractivity contribution is 5.97. The van der Waals surface area contributed by atoms with Gasteiger partial charge in [-0.2, -0.15) is 0 Å². The van der Waals surface area contributed by atoms with Gasteiger partial charge in [0.25, 0.3) is 0 Å². The highest BCUT2D eigenvalue weighted by Crippen LogP contribution is 2.36. The highest BCUT2D eigenvalue weighted by atomic mass is 16.5. The minimum Gasteiger partial charge on any atom is -0.492 e. The smallest absolute Gasteiger partial charge is 0.219 e. The van der Waals surface area contributed by atoms with Crippen molar-refractivity contribution in [3.63, 3.8) is 0 Å². The summed E-state index contributed by atoms with van der Waals surface area (Å²) in [6.07, 6.45) is 1.04. The van der Waals surface area contributed by atoms with Gasteiger partial charge in [0.2, 0.25) is 5.90 Å². The molecule has 1 aliphatic rings. The molecule has 2 rings (SSSR count).